The highest BCUT2D eigenvalue weighted by Crippen LogP contribution is 2.39. The second-order valence-corrected chi connectivity index (χ2v) is 4.33. The van der Waals surface area contributed by atoms with Gasteiger partial charge in [-0.2, -0.15) is 0 Å². The number of ether oxygens (including phenoxy) is 1. The van der Waals surface area contributed by atoms with Crippen LogP contribution in [0.25, 0.3) is 0 Å². The van der Waals surface area contributed by atoms with Crippen molar-refractivity contribution in [3.05, 3.63) is 29.3 Å². The molecule has 2 atom stereocenters. The zero-order valence-electron chi connectivity index (χ0n) is 8.77. The van der Waals surface area contributed by atoms with Crippen LogP contribution >= 0.6 is 0 Å². The van der Waals surface area contributed by atoms with Gasteiger partial charge < -0.3 is 15.2 Å². The van der Waals surface area contributed by atoms with Crippen LogP contribution in [0.4, 0.5) is 5.69 Å². The molecule has 0 saturated carbocycles. The van der Waals surface area contributed by atoms with Gasteiger partial charge >= 0.3 is 5.97 Å². The molecule has 0 radical (unpaired) electrons. The van der Waals surface area contributed by atoms with Gasteiger partial charge in [-0.25, -0.2) is 4.79 Å². The van der Waals surface area contributed by atoms with E-state index in [1.807, 2.05) is 6.07 Å². The second kappa shape index (κ2) is 3.49. The van der Waals surface area contributed by atoms with Crippen LogP contribution in [0, 0.1) is 0 Å². The molecule has 0 spiro atoms. The number of fused-ring (bicyclic) bond motifs is 3. The van der Waals surface area contributed by atoms with Crippen LogP contribution in [0.5, 0.6) is 0 Å². The third-order valence-electron chi connectivity index (χ3n) is 3.40. The van der Waals surface area contributed by atoms with Gasteiger partial charge in [0.15, 0.2) is 0 Å². The number of carboxylic acids is 1. The smallest absolute Gasteiger partial charge is 0.335 e. The summed E-state index contributed by atoms with van der Waals surface area (Å²) in [6.07, 6.45) is 0.988. The summed E-state index contributed by atoms with van der Waals surface area (Å²) in [7, 11) is 0. The van der Waals surface area contributed by atoms with Crippen LogP contribution in [-0.2, 0) is 4.74 Å². The van der Waals surface area contributed by atoms with E-state index in [4.69, 9.17) is 9.84 Å². The molecule has 4 heteroatoms. The quantitative estimate of drug-likeness (QED) is 0.754. The van der Waals surface area contributed by atoms with Crippen LogP contribution in [0.1, 0.15) is 28.3 Å². The van der Waals surface area contributed by atoms with Gasteiger partial charge in [0.25, 0.3) is 0 Å². The van der Waals surface area contributed by atoms with Crippen LogP contribution < -0.4 is 5.32 Å². The first-order valence-corrected chi connectivity index (χ1v) is 5.47. The Balaban J connectivity index is 1.98. The number of carbonyl (C=O) groups is 1. The fourth-order valence-electron chi connectivity index (χ4n) is 2.55. The minimum atomic E-state index is -0.879. The summed E-state index contributed by atoms with van der Waals surface area (Å²) in [5.74, 6) is -0.498. The predicted octanol–water partition coefficient (Wildman–Crippen LogP) is 1.68. The average molecular weight is 219 g/mol. The number of hydrogen-bond donors (Lipinski definition) is 2. The highest BCUT2D eigenvalue weighted by atomic mass is 16.5. The summed E-state index contributed by atoms with van der Waals surface area (Å²) < 4.78 is 5.46. The molecule has 2 unspecified atom stereocenters. The maximum atomic E-state index is 10.9. The van der Waals surface area contributed by atoms with Crippen LogP contribution in [-0.4, -0.2) is 30.3 Å². The second-order valence-electron chi connectivity index (χ2n) is 4.33. The maximum Gasteiger partial charge on any atom is 0.335 e. The van der Waals surface area contributed by atoms with Crippen molar-refractivity contribution < 1.29 is 14.6 Å². The molecule has 2 heterocycles. The summed E-state index contributed by atoms with van der Waals surface area (Å²) in [6.45, 7) is 1.52. The number of anilines is 1. The van der Waals surface area contributed by atoms with Crippen molar-refractivity contribution in [2.24, 2.45) is 0 Å². The molecule has 0 amide bonds. The van der Waals surface area contributed by atoms with Crippen molar-refractivity contribution in [2.75, 3.05) is 18.5 Å². The van der Waals surface area contributed by atoms with Crippen molar-refractivity contribution in [1.82, 2.24) is 0 Å². The fourth-order valence-corrected chi connectivity index (χ4v) is 2.55. The Morgan fingerprint density at radius 3 is 3.19 bits per heavy atom. The minimum Gasteiger partial charge on any atom is -0.478 e. The summed E-state index contributed by atoms with van der Waals surface area (Å²) in [4.78, 5) is 10.9. The molecule has 2 aliphatic heterocycles. The predicted molar refractivity (Wildman–Crippen MR) is 59.0 cm³/mol. The van der Waals surface area contributed by atoms with E-state index in [1.54, 1.807) is 12.1 Å². The third-order valence-corrected chi connectivity index (χ3v) is 3.40. The van der Waals surface area contributed by atoms with E-state index in [2.05, 4.69) is 5.32 Å². The molecule has 1 aromatic rings. The Hall–Kier alpha value is -1.55. The minimum absolute atomic E-state index is 0.339. The van der Waals surface area contributed by atoms with Gasteiger partial charge in [0.05, 0.1) is 12.2 Å². The van der Waals surface area contributed by atoms with E-state index in [9.17, 15) is 4.79 Å². The molecule has 2 aliphatic rings. The molecule has 16 heavy (non-hydrogen) atoms. The molecule has 1 aromatic carbocycles. The number of hydrogen-bond acceptors (Lipinski definition) is 3. The molecule has 2 N–H and O–H groups in total. The molecule has 0 aliphatic carbocycles. The summed E-state index contributed by atoms with van der Waals surface area (Å²) in [6, 6.07) is 5.70. The van der Waals surface area contributed by atoms with Crippen LogP contribution in [0.3, 0.4) is 0 Å². The lowest BCUT2D eigenvalue weighted by Gasteiger charge is -2.25. The van der Waals surface area contributed by atoms with Crippen LogP contribution in [0.2, 0.25) is 0 Å². The standard InChI is InChI=1S/C12H13NO3/c14-12(15)7-1-2-8-9-6-16-4-3-10(9)13-11(8)5-7/h1-2,5,9-10,13H,3-4,6H2,(H,14,15). The molecule has 0 aromatic heterocycles. The largest absolute Gasteiger partial charge is 0.478 e. The van der Waals surface area contributed by atoms with E-state index in [0.717, 1.165) is 25.3 Å². The molecular formula is C12H13NO3. The lowest BCUT2D eigenvalue weighted by Crippen LogP contribution is -2.30. The van der Waals surface area contributed by atoms with E-state index in [1.165, 1.54) is 5.56 Å². The van der Waals surface area contributed by atoms with Gasteiger partial charge in [-0.05, 0) is 24.1 Å². The normalized spacial score (nSPS) is 26.8. The number of benzene rings is 1. The third kappa shape index (κ3) is 1.38. The number of aromatic carboxylic acids is 1. The molecular weight excluding hydrogens is 206 g/mol. The Labute approximate surface area is 93.2 Å². The zero-order valence-corrected chi connectivity index (χ0v) is 8.77. The first kappa shape index (κ1) is 9.66. The first-order chi connectivity index (χ1) is 7.75. The molecule has 4 nitrogen and oxygen atoms in total. The van der Waals surface area contributed by atoms with E-state index >= 15 is 0 Å². The van der Waals surface area contributed by atoms with Gasteiger partial charge in [0, 0.05) is 24.3 Å². The molecule has 84 valence electrons. The van der Waals surface area contributed by atoms with Crippen molar-refractivity contribution >= 4 is 11.7 Å². The Morgan fingerprint density at radius 2 is 2.38 bits per heavy atom. The zero-order chi connectivity index (χ0) is 11.1. The molecule has 3 rings (SSSR count). The molecule has 0 bridgehead atoms. The van der Waals surface area contributed by atoms with E-state index < -0.39 is 5.97 Å². The van der Waals surface area contributed by atoms with Crippen molar-refractivity contribution in [1.29, 1.82) is 0 Å². The summed E-state index contributed by atoms with van der Waals surface area (Å²) in [5, 5.41) is 12.3. The molecule has 1 saturated heterocycles. The lowest BCUT2D eigenvalue weighted by molar-refractivity contribution is 0.0697. The van der Waals surface area contributed by atoms with E-state index in [0.29, 0.717) is 17.5 Å². The topological polar surface area (TPSA) is 58.6 Å². The fraction of sp³-hybridized carbons (Fsp3) is 0.417. The van der Waals surface area contributed by atoms with Crippen LogP contribution in [0.15, 0.2) is 18.2 Å². The van der Waals surface area contributed by atoms with Gasteiger partial charge in [-0.1, -0.05) is 6.07 Å². The van der Waals surface area contributed by atoms with Crippen molar-refractivity contribution in [3.8, 4) is 0 Å². The SMILES string of the molecule is O=C(O)c1ccc2c(c1)NC1CCOCC21. The Morgan fingerprint density at radius 1 is 1.50 bits per heavy atom. The van der Waals surface area contributed by atoms with Crippen molar-refractivity contribution in [3.63, 3.8) is 0 Å². The van der Waals surface area contributed by atoms with E-state index in [-0.39, 0.29) is 0 Å². The highest BCUT2D eigenvalue weighted by molar-refractivity contribution is 5.89. The van der Waals surface area contributed by atoms with Gasteiger partial charge in [0.1, 0.15) is 0 Å². The number of rotatable bonds is 1. The van der Waals surface area contributed by atoms with Crippen molar-refractivity contribution in [2.45, 2.75) is 18.4 Å². The monoisotopic (exact) mass is 219 g/mol. The summed E-state index contributed by atoms with van der Waals surface area (Å²) >= 11 is 0. The Bertz CT molecular complexity index is 444. The lowest BCUT2D eigenvalue weighted by atomic mass is 9.92. The number of carboxylic acid groups (broad SMARTS) is 1. The van der Waals surface area contributed by atoms with Gasteiger partial charge in [-0.15, -0.1) is 0 Å². The first-order valence-electron chi connectivity index (χ1n) is 5.47. The van der Waals surface area contributed by atoms with Gasteiger partial charge in [-0.3, -0.25) is 0 Å². The summed E-state index contributed by atoms with van der Waals surface area (Å²) in [5.41, 5.74) is 2.49. The molecule has 1 fully saturated rings. The highest BCUT2D eigenvalue weighted by Gasteiger charge is 2.34. The van der Waals surface area contributed by atoms with Gasteiger partial charge in [0.2, 0.25) is 0 Å². The maximum absolute atomic E-state index is 10.9. The Kier molecular flexibility index (Phi) is 2.11. The number of nitrogens with one attached hydrogen (secondary N) is 1. The average Bonchev–Trinajstić information content (AvgIpc) is 2.66.